The molecule has 0 radical (unpaired) electrons. The van der Waals surface area contributed by atoms with Gasteiger partial charge in [0.05, 0.1) is 0 Å². The van der Waals surface area contributed by atoms with Crippen LogP contribution >= 0.6 is 0 Å². The second kappa shape index (κ2) is 3.23. The van der Waals surface area contributed by atoms with Gasteiger partial charge < -0.3 is 10.6 Å². The minimum absolute atomic E-state index is 0.244. The van der Waals surface area contributed by atoms with Crippen LogP contribution in [0.4, 0.5) is 11.6 Å². The third-order valence-electron chi connectivity index (χ3n) is 1.92. The zero-order valence-electron chi connectivity index (χ0n) is 7.38. The first kappa shape index (κ1) is 8.32. The van der Waals surface area contributed by atoms with E-state index in [0.29, 0.717) is 5.82 Å². The molecule has 1 aromatic heterocycles. The summed E-state index contributed by atoms with van der Waals surface area (Å²) in [6.45, 7) is 6.83. The van der Waals surface area contributed by atoms with Crippen LogP contribution in [0.25, 0.3) is 10.5 Å². The van der Waals surface area contributed by atoms with Crippen molar-refractivity contribution in [2.45, 2.75) is 0 Å². The van der Waals surface area contributed by atoms with Crippen molar-refractivity contribution in [1.29, 1.82) is 0 Å². The molecule has 0 saturated heterocycles. The van der Waals surface area contributed by atoms with Gasteiger partial charge in [0, 0.05) is 5.69 Å². The molecule has 68 valence electrons. The Hall–Kier alpha value is -2.28. The van der Waals surface area contributed by atoms with E-state index in [-0.39, 0.29) is 5.82 Å². The van der Waals surface area contributed by atoms with E-state index in [0.717, 1.165) is 5.69 Å². The van der Waals surface area contributed by atoms with Gasteiger partial charge in [-0.05, 0) is 12.1 Å². The van der Waals surface area contributed by atoms with Gasteiger partial charge >= 0.3 is 5.82 Å². The molecule has 0 bridgehead atoms. The molecule has 0 amide bonds. The molecule has 14 heavy (non-hydrogen) atoms. The van der Waals surface area contributed by atoms with Gasteiger partial charge in [0.25, 0.3) is 0 Å². The molecular weight excluding hydrogens is 176 g/mol. The first-order chi connectivity index (χ1) is 6.83. The van der Waals surface area contributed by atoms with E-state index in [2.05, 4.69) is 9.83 Å². The molecule has 0 aliphatic carbocycles. The summed E-state index contributed by atoms with van der Waals surface area (Å²) in [7, 11) is 0. The highest BCUT2D eigenvalue weighted by Crippen LogP contribution is 2.22. The predicted molar refractivity (Wildman–Crippen MR) is 54.2 cm³/mol. The van der Waals surface area contributed by atoms with Gasteiger partial charge in [0.15, 0.2) is 6.33 Å². The van der Waals surface area contributed by atoms with Crippen LogP contribution in [0.5, 0.6) is 0 Å². The third kappa shape index (κ3) is 1.21. The number of hydrogen-bond donors (Lipinski definition) is 1. The minimum atomic E-state index is 0.244. The van der Waals surface area contributed by atoms with Crippen LogP contribution in [-0.4, -0.2) is 9.55 Å². The lowest BCUT2D eigenvalue weighted by Crippen LogP contribution is -1.97. The number of nitrogens with two attached hydrogens (primary N) is 1. The van der Waals surface area contributed by atoms with Crippen molar-refractivity contribution in [3.8, 4) is 5.69 Å². The molecule has 2 rings (SSSR count). The van der Waals surface area contributed by atoms with E-state index < -0.39 is 0 Å². The Kier molecular flexibility index (Phi) is 1.92. The molecule has 0 saturated carbocycles. The normalized spacial score (nSPS) is 9.64. The summed E-state index contributed by atoms with van der Waals surface area (Å²) >= 11 is 0. The topological polar surface area (TPSA) is 48.2 Å². The van der Waals surface area contributed by atoms with Gasteiger partial charge in [-0.25, -0.2) is 0 Å². The van der Waals surface area contributed by atoms with Crippen molar-refractivity contribution in [2.75, 3.05) is 5.73 Å². The number of nitrogen functional groups attached to an aromatic ring is 1. The summed E-state index contributed by atoms with van der Waals surface area (Å²) in [5, 5.41) is 0. The summed E-state index contributed by atoms with van der Waals surface area (Å²) in [5.41, 5.74) is 6.64. The molecule has 0 spiro atoms. The number of imidazole rings is 1. The average Bonchev–Trinajstić information content (AvgIpc) is 2.61. The highest BCUT2D eigenvalue weighted by Gasteiger charge is 2.08. The Balaban J connectivity index is 2.54. The van der Waals surface area contributed by atoms with Crippen molar-refractivity contribution in [3.63, 3.8) is 0 Å². The van der Waals surface area contributed by atoms with E-state index in [4.69, 9.17) is 12.3 Å². The molecule has 4 nitrogen and oxygen atoms in total. The average molecular weight is 184 g/mol. The zero-order valence-corrected chi connectivity index (χ0v) is 7.38. The van der Waals surface area contributed by atoms with Crippen LogP contribution in [0.3, 0.4) is 0 Å². The van der Waals surface area contributed by atoms with Crippen LogP contribution < -0.4 is 5.73 Å². The fourth-order valence-corrected chi connectivity index (χ4v) is 1.23. The third-order valence-corrected chi connectivity index (χ3v) is 1.92. The number of benzene rings is 1. The van der Waals surface area contributed by atoms with Crippen molar-refractivity contribution < 1.29 is 0 Å². The van der Waals surface area contributed by atoms with Gasteiger partial charge in [0.1, 0.15) is 5.82 Å². The van der Waals surface area contributed by atoms with Crippen LogP contribution in [0.1, 0.15) is 0 Å². The van der Waals surface area contributed by atoms with Crippen LogP contribution in [-0.2, 0) is 0 Å². The zero-order chi connectivity index (χ0) is 9.97. The fourth-order valence-electron chi connectivity index (χ4n) is 1.23. The molecule has 2 aromatic rings. The number of rotatable bonds is 1. The van der Waals surface area contributed by atoms with Crippen LogP contribution in [0.2, 0.25) is 0 Å². The summed E-state index contributed by atoms with van der Waals surface area (Å²) in [5.74, 6) is 0.625. The molecule has 0 aliphatic heterocycles. The summed E-state index contributed by atoms with van der Waals surface area (Å²) < 4.78 is 1.69. The summed E-state index contributed by atoms with van der Waals surface area (Å²) in [4.78, 5) is 7.10. The lowest BCUT2D eigenvalue weighted by molar-refractivity contribution is 1.07. The van der Waals surface area contributed by atoms with Gasteiger partial charge in [-0.2, -0.15) is 0 Å². The molecule has 0 aliphatic rings. The largest absolute Gasteiger partial charge is 0.392 e. The second-order valence-electron chi connectivity index (χ2n) is 2.77. The van der Waals surface area contributed by atoms with Crippen molar-refractivity contribution in [2.24, 2.45) is 0 Å². The smallest absolute Gasteiger partial charge is 0.311 e. The van der Waals surface area contributed by atoms with Crippen molar-refractivity contribution >= 4 is 11.6 Å². The standard InChI is InChI=1S/C10H8N4/c1-12-10-9(11)14(7-13-10)8-5-3-2-4-6-8/h2-7H,11H2. The number of para-hydroxylation sites is 1. The Morgan fingerprint density at radius 3 is 2.57 bits per heavy atom. The maximum absolute atomic E-state index is 6.83. The highest BCUT2D eigenvalue weighted by atomic mass is 15.1. The minimum Gasteiger partial charge on any atom is -0.392 e. The maximum atomic E-state index is 6.83. The molecule has 0 fully saturated rings. The van der Waals surface area contributed by atoms with Crippen LogP contribution in [0.15, 0.2) is 36.7 Å². The first-order valence-electron chi connectivity index (χ1n) is 4.08. The molecule has 1 heterocycles. The molecule has 2 N–H and O–H groups in total. The van der Waals surface area contributed by atoms with Gasteiger partial charge in [-0.3, -0.25) is 4.57 Å². The number of hydrogen-bond acceptors (Lipinski definition) is 2. The van der Waals surface area contributed by atoms with Crippen molar-refractivity contribution in [3.05, 3.63) is 48.1 Å². The Morgan fingerprint density at radius 1 is 1.29 bits per heavy atom. The Labute approximate surface area is 81.4 Å². The summed E-state index contributed by atoms with van der Waals surface area (Å²) in [6, 6.07) is 9.56. The lowest BCUT2D eigenvalue weighted by atomic mass is 10.3. The van der Waals surface area contributed by atoms with Crippen molar-refractivity contribution in [1.82, 2.24) is 9.55 Å². The number of nitrogens with zero attached hydrogens (tertiary/aromatic N) is 3. The second-order valence-corrected chi connectivity index (χ2v) is 2.77. The molecular formula is C10H8N4. The fraction of sp³-hybridized carbons (Fsp3) is 0. The highest BCUT2D eigenvalue weighted by molar-refractivity contribution is 5.61. The maximum Gasteiger partial charge on any atom is 0.311 e. The quantitative estimate of drug-likeness (QED) is 0.689. The van der Waals surface area contributed by atoms with E-state index in [1.165, 1.54) is 0 Å². The molecule has 4 heteroatoms. The predicted octanol–water partition coefficient (Wildman–Crippen LogP) is 2.01. The molecule has 0 atom stereocenters. The molecule has 0 unspecified atom stereocenters. The van der Waals surface area contributed by atoms with E-state index in [1.807, 2.05) is 30.3 Å². The lowest BCUT2D eigenvalue weighted by Gasteiger charge is -2.02. The SMILES string of the molecule is [C-]#[N+]c1ncn(-c2ccccc2)c1N. The molecule has 1 aromatic carbocycles. The van der Waals surface area contributed by atoms with E-state index in [9.17, 15) is 0 Å². The Bertz CT molecular complexity index is 479. The Morgan fingerprint density at radius 2 is 2.00 bits per heavy atom. The van der Waals surface area contributed by atoms with E-state index >= 15 is 0 Å². The summed E-state index contributed by atoms with van der Waals surface area (Å²) in [6.07, 6.45) is 1.55. The first-order valence-corrected chi connectivity index (χ1v) is 4.08. The number of aromatic nitrogens is 2. The van der Waals surface area contributed by atoms with E-state index in [1.54, 1.807) is 10.9 Å². The van der Waals surface area contributed by atoms with Gasteiger partial charge in [-0.15, -0.1) is 4.98 Å². The van der Waals surface area contributed by atoms with Gasteiger partial charge in [0.2, 0.25) is 0 Å². The van der Waals surface area contributed by atoms with Gasteiger partial charge in [-0.1, -0.05) is 24.8 Å². The number of anilines is 1. The van der Waals surface area contributed by atoms with Crippen LogP contribution in [0, 0.1) is 6.57 Å². The monoisotopic (exact) mass is 184 g/mol.